The third-order valence-corrected chi connectivity index (χ3v) is 3.09. The molecular weight excluding hydrogens is 221 g/mol. The van der Waals surface area contributed by atoms with Crippen LogP contribution in [0.5, 0.6) is 0 Å². The van der Waals surface area contributed by atoms with Gasteiger partial charge < -0.3 is 4.65 Å². The highest BCUT2D eigenvalue weighted by atomic mass is 16.4. The van der Waals surface area contributed by atoms with Gasteiger partial charge in [0, 0.05) is 11.3 Å². The fourth-order valence-corrected chi connectivity index (χ4v) is 2.05. The molecule has 2 rings (SSSR count). The van der Waals surface area contributed by atoms with Crippen LogP contribution in [0.1, 0.15) is 25.3 Å². The number of hydrogen-bond acceptors (Lipinski definition) is 2. The molecule has 0 fully saturated rings. The molecule has 0 amide bonds. The van der Waals surface area contributed by atoms with E-state index in [9.17, 15) is 0 Å². The summed E-state index contributed by atoms with van der Waals surface area (Å²) in [6.45, 7) is 4.06. The Balaban J connectivity index is 2.36. The summed E-state index contributed by atoms with van der Waals surface area (Å²) in [4.78, 5) is 4.67. The van der Waals surface area contributed by atoms with E-state index in [1.165, 1.54) is 5.56 Å². The van der Waals surface area contributed by atoms with Crippen LogP contribution in [0.4, 0.5) is 5.69 Å². The maximum absolute atomic E-state index is 5.29. The molecule has 0 atom stereocenters. The van der Waals surface area contributed by atoms with Crippen molar-refractivity contribution in [1.29, 1.82) is 0 Å². The Hall–Kier alpha value is -1.77. The second-order valence-electron chi connectivity index (χ2n) is 4.39. The number of allylic oxidation sites excluding steroid dienone is 3. The fraction of sp³-hybridized carbons (Fsp3) is 0.267. The molecule has 1 aliphatic carbocycles. The Kier molecular flexibility index (Phi) is 4.03. The number of hydrogen-bond donors (Lipinski definition) is 0. The van der Waals surface area contributed by atoms with Crippen molar-refractivity contribution in [2.24, 2.45) is 4.99 Å². The number of nitrogens with zero attached hydrogens (tertiary/aromatic N) is 1. The van der Waals surface area contributed by atoms with E-state index in [1.807, 2.05) is 31.2 Å². The molecule has 0 aliphatic heterocycles. The van der Waals surface area contributed by atoms with E-state index in [2.05, 4.69) is 24.1 Å². The minimum Gasteiger partial charge on any atom is -0.568 e. The molecule has 90 valence electrons. The molecule has 0 saturated heterocycles. The third kappa shape index (κ3) is 2.73. The summed E-state index contributed by atoms with van der Waals surface area (Å²) in [5, 5.41) is 0. The van der Waals surface area contributed by atoms with E-state index in [0.717, 1.165) is 35.6 Å². The van der Waals surface area contributed by atoms with Crippen molar-refractivity contribution in [2.75, 3.05) is 0 Å². The van der Waals surface area contributed by atoms with Gasteiger partial charge in [-0.3, -0.25) is 4.99 Å². The van der Waals surface area contributed by atoms with Gasteiger partial charge in [-0.15, -0.1) is 0 Å². The van der Waals surface area contributed by atoms with Crippen LogP contribution in [0, 0.1) is 6.92 Å². The van der Waals surface area contributed by atoms with Gasteiger partial charge in [0.25, 0.3) is 0 Å². The summed E-state index contributed by atoms with van der Waals surface area (Å²) in [5.74, 6) is 0.719. The Morgan fingerprint density at radius 3 is 2.83 bits per heavy atom. The number of aryl methyl sites for hydroxylation is 1. The van der Waals surface area contributed by atoms with E-state index in [4.69, 9.17) is 12.7 Å². The molecule has 0 bridgehead atoms. The van der Waals surface area contributed by atoms with Gasteiger partial charge in [-0.25, -0.2) is 0 Å². The zero-order chi connectivity index (χ0) is 13.0. The normalized spacial score (nSPS) is 16.0. The molecule has 0 aromatic heterocycles. The highest BCUT2D eigenvalue weighted by Gasteiger charge is 2.11. The molecule has 0 unspecified atom stereocenters. The van der Waals surface area contributed by atoms with E-state index in [1.54, 1.807) is 0 Å². The van der Waals surface area contributed by atoms with Crippen molar-refractivity contribution < 1.29 is 4.65 Å². The van der Waals surface area contributed by atoms with Crippen LogP contribution >= 0.6 is 0 Å². The van der Waals surface area contributed by atoms with Gasteiger partial charge in [0.15, 0.2) is 0 Å². The topological polar surface area (TPSA) is 21.6 Å². The van der Waals surface area contributed by atoms with Crippen LogP contribution in [0.15, 0.2) is 52.7 Å². The zero-order valence-corrected chi connectivity index (χ0v) is 10.8. The lowest BCUT2D eigenvalue weighted by molar-refractivity contribution is 0.481. The average molecular weight is 237 g/mol. The van der Waals surface area contributed by atoms with Crippen LogP contribution in [-0.2, 0) is 4.65 Å². The van der Waals surface area contributed by atoms with Gasteiger partial charge in [0.2, 0.25) is 0 Å². The SMILES string of the molecule is [B]OC1=C(C(C)=Nc2ccccc2C)CCC=C1. The van der Waals surface area contributed by atoms with Crippen LogP contribution in [0.25, 0.3) is 0 Å². The first-order valence-electron chi connectivity index (χ1n) is 6.10. The van der Waals surface area contributed by atoms with E-state index >= 15 is 0 Å². The average Bonchev–Trinajstić information content (AvgIpc) is 2.41. The molecule has 1 aliphatic rings. The first-order chi connectivity index (χ1) is 8.72. The Morgan fingerprint density at radius 2 is 2.11 bits per heavy atom. The lowest BCUT2D eigenvalue weighted by atomic mass is 9.99. The number of rotatable bonds is 3. The predicted molar refractivity (Wildman–Crippen MR) is 76.2 cm³/mol. The van der Waals surface area contributed by atoms with Crippen LogP contribution in [0.2, 0.25) is 0 Å². The largest absolute Gasteiger partial charge is 0.568 e. The minimum atomic E-state index is 0.719. The fourth-order valence-electron chi connectivity index (χ4n) is 2.05. The van der Waals surface area contributed by atoms with Gasteiger partial charge >= 0.3 is 8.05 Å². The first-order valence-corrected chi connectivity index (χ1v) is 6.10. The Labute approximate surface area is 110 Å². The molecule has 0 N–H and O–H groups in total. The van der Waals surface area contributed by atoms with Crippen LogP contribution in [-0.4, -0.2) is 13.8 Å². The highest BCUT2D eigenvalue weighted by molar-refractivity contribution is 6.03. The van der Waals surface area contributed by atoms with Crippen molar-refractivity contribution in [3.05, 3.63) is 53.3 Å². The van der Waals surface area contributed by atoms with Gasteiger partial charge in [-0.05, 0) is 44.4 Å². The summed E-state index contributed by atoms with van der Waals surface area (Å²) in [7, 11) is 5.29. The van der Waals surface area contributed by atoms with Crippen molar-refractivity contribution in [1.82, 2.24) is 0 Å². The second kappa shape index (κ2) is 5.72. The molecule has 1 aromatic carbocycles. The quantitative estimate of drug-likeness (QED) is 0.578. The summed E-state index contributed by atoms with van der Waals surface area (Å²) >= 11 is 0. The molecule has 3 heteroatoms. The Bertz CT molecular complexity index is 529. The van der Waals surface area contributed by atoms with Crippen molar-refractivity contribution in [3.8, 4) is 0 Å². The lowest BCUT2D eigenvalue weighted by Gasteiger charge is -2.15. The molecule has 0 saturated carbocycles. The number of aliphatic imine (C=N–C) groups is 1. The monoisotopic (exact) mass is 237 g/mol. The minimum absolute atomic E-state index is 0.719. The summed E-state index contributed by atoms with van der Waals surface area (Å²) in [6.07, 6.45) is 5.90. The van der Waals surface area contributed by atoms with Crippen molar-refractivity contribution >= 4 is 19.4 Å². The third-order valence-electron chi connectivity index (χ3n) is 3.09. The molecule has 18 heavy (non-hydrogen) atoms. The van der Waals surface area contributed by atoms with E-state index in [-0.39, 0.29) is 0 Å². The smallest absolute Gasteiger partial charge is 0.374 e. The summed E-state index contributed by atoms with van der Waals surface area (Å²) < 4.78 is 4.90. The van der Waals surface area contributed by atoms with Gasteiger partial charge in [0.05, 0.1) is 5.69 Å². The van der Waals surface area contributed by atoms with Crippen molar-refractivity contribution in [3.63, 3.8) is 0 Å². The van der Waals surface area contributed by atoms with Crippen molar-refractivity contribution in [2.45, 2.75) is 26.7 Å². The van der Waals surface area contributed by atoms with Crippen LogP contribution in [0.3, 0.4) is 0 Å². The molecule has 2 nitrogen and oxygen atoms in total. The standard InChI is InChI=1S/C15H16BNO/c1-11-7-3-5-9-14(11)17-12(2)13-8-4-6-10-15(13)18-16/h3,5-7,9-10H,4,8H2,1-2H3. The maximum atomic E-state index is 5.29. The number of benzene rings is 1. The van der Waals surface area contributed by atoms with Gasteiger partial charge in [-0.1, -0.05) is 24.3 Å². The molecule has 1 aromatic rings. The van der Waals surface area contributed by atoms with Gasteiger partial charge in [-0.2, -0.15) is 0 Å². The molecule has 0 heterocycles. The summed E-state index contributed by atoms with van der Waals surface area (Å²) in [6, 6.07) is 8.08. The van der Waals surface area contributed by atoms with Gasteiger partial charge in [0.1, 0.15) is 5.76 Å². The molecular formula is C15H16BNO. The Morgan fingerprint density at radius 1 is 1.33 bits per heavy atom. The highest BCUT2D eigenvalue weighted by Crippen LogP contribution is 2.24. The molecule has 0 spiro atoms. The first kappa shape index (κ1) is 12.7. The van der Waals surface area contributed by atoms with Crippen LogP contribution < -0.4 is 0 Å². The second-order valence-corrected chi connectivity index (χ2v) is 4.39. The summed E-state index contributed by atoms with van der Waals surface area (Å²) in [5.41, 5.74) is 4.21. The zero-order valence-electron chi connectivity index (χ0n) is 10.8. The van der Waals surface area contributed by atoms with E-state index in [0.29, 0.717) is 0 Å². The number of para-hydroxylation sites is 1. The molecule has 2 radical (unpaired) electrons. The predicted octanol–water partition coefficient (Wildman–Crippen LogP) is 3.79. The van der Waals surface area contributed by atoms with E-state index < -0.39 is 0 Å². The maximum Gasteiger partial charge on any atom is 0.374 e. The lowest BCUT2D eigenvalue weighted by Crippen LogP contribution is -2.05.